The first kappa shape index (κ1) is 28.6. The van der Waals surface area contributed by atoms with Crippen LogP contribution in [0.4, 0.5) is 16.4 Å². The highest BCUT2D eigenvalue weighted by Crippen LogP contribution is 2.29. The number of nitrogens with one attached hydrogen (secondary N) is 3. The molecule has 0 aromatic carbocycles. The average molecular weight is 604 g/mol. The van der Waals surface area contributed by atoms with E-state index in [-0.39, 0.29) is 42.4 Å². The van der Waals surface area contributed by atoms with Crippen molar-refractivity contribution in [3.05, 3.63) is 53.2 Å². The van der Waals surface area contributed by atoms with Crippen LogP contribution in [0.1, 0.15) is 36.7 Å². The van der Waals surface area contributed by atoms with Gasteiger partial charge in [0.1, 0.15) is 23.3 Å². The number of halogens is 1. The zero-order chi connectivity index (χ0) is 29.4. The van der Waals surface area contributed by atoms with Crippen molar-refractivity contribution in [3.8, 4) is 0 Å². The van der Waals surface area contributed by atoms with Crippen molar-refractivity contribution in [2.24, 2.45) is 0 Å². The maximum atomic E-state index is 13.4. The van der Waals surface area contributed by atoms with Gasteiger partial charge in [0.25, 0.3) is 5.91 Å². The smallest absolute Gasteiger partial charge is 0.413 e. The van der Waals surface area contributed by atoms with Gasteiger partial charge in [-0.2, -0.15) is 0 Å². The summed E-state index contributed by atoms with van der Waals surface area (Å²) in [6, 6.07) is 3.46. The van der Waals surface area contributed by atoms with Gasteiger partial charge >= 0.3 is 6.09 Å². The van der Waals surface area contributed by atoms with Gasteiger partial charge in [0, 0.05) is 38.6 Å². The van der Waals surface area contributed by atoms with E-state index in [2.05, 4.69) is 30.4 Å². The number of hydrogen-bond donors (Lipinski definition) is 3. The third kappa shape index (κ3) is 6.36. The molecule has 0 bridgehead atoms. The third-order valence-corrected chi connectivity index (χ3v) is 7.92. The Bertz CT molecular complexity index is 1730. The second-order valence-corrected chi connectivity index (χ2v) is 12.8. The van der Waals surface area contributed by atoms with Gasteiger partial charge in [0.05, 0.1) is 22.5 Å². The molecule has 1 aliphatic heterocycles. The normalized spacial score (nSPS) is 15.6. The molecule has 0 spiro atoms. The minimum absolute atomic E-state index is 0.0114. The second-order valence-electron chi connectivity index (χ2n) is 10.4. The predicted molar refractivity (Wildman–Crippen MR) is 153 cm³/mol. The Balaban J connectivity index is 1.39. The van der Waals surface area contributed by atoms with Crippen LogP contribution in [0.15, 0.2) is 37.1 Å². The van der Waals surface area contributed by atoms with Crippen molar-refractivity contribution < 1.29 is 22.7 Å². The molecule has 0 aliphatic carbocycles. The molecular formula is C25H30ClN9O5S. The number of amides is 2. The molecule has 14 nitrogen and oxygen atoms in total. The average Bonchev–Trinajstić information content (AvgIpc) is 3.46. The maximum absolute atomic E-state index is 13.4. The molecular weight excluding hydrogens is 574 g/mol. The van der Waals surface area contributed by atoms with Gasteiger partial charge in [-0.3, -0.25) is 14.5 Å². The Labute approximate surface area is 241 Å². The summed E-state index contributed by atoms with van der Waals surface area (Å²) in [7, 11) is -3.37. The Morgan fingerprint density at radius 3 is 2.83 bits per heavy atom. The molecule has 4 aromatic rings. The highest BCUT2D eigenvalue weighted by atomic mass is 35.5. The van der Waals surface area contributed by atoms with Crippen molar-refractivity contribution in [3.63, 3.8) is 0 Å². The first-order valence-electron chi connectivity index (χ1n) is 12.9. The minimum Gasteiger partial charge on any atom is -0.444 e. The van der Waals surface area contributed by atoms with Gasteiger partial charge in [-0.25, -0.2) is 32.4 Å². The fraction of sp³-hybridized carbons (Fsp3) is 0.400. The lowest BCUT2D eigenvalue weighted by Crippen LogP contribution is -2.32. The van der Waals surface area contributed by atoms with Crippen molar-refractivity contribution in [1.29, 1.82) is 0 Å². The summed E-state index contributed by atoms with van der Waals surface area (Å²) in [4.78, 5) is 36.3. The van der Waals surface area contributed by atoms with Crippen molar-refractivity contribution >= 4 is 56.4 Å². The monoisotopic (exact) mass is 603 g/mol. The number of anilines is 2. The molecule has 2 amide bonds. The number of fused-ring (bicyclic) bond motifs is 2. The largest absolute Gasteiger partial charge is 0.444 e. The fourth-order valence-corrected chi connectivity index (χ4v) is 5.85. The Hall–Kier alpha value is -3.95. The summed E-state index contributed by atoms with van der Waals surface area (Å²) in [5.74, 6) is 0.209. The van der Waals surface area contributed by atoms with E-state index >= 15 is 0 Å². The summed E-state index contributed by atoms with van der Waals surface area (Å²) in [5, 5.41) is 10.2. The maximum Gasteiger partial charge on any atom is 0.413 e. The number of rotatable bonds is 6. The van der Waals surface area contributed by atoms with E-state index in [1.165, 1.54) is 10.7 Å². The molecule has 16 heteroatoms. The quantitative estimate of drug-likeness (QED) is 0.299. The number of sulfonamides is 1. The molecule has 0 radical (unpaired) electrons. The summed E-state index contributed by atoms with van der Waals surface area (Å²) in [6.45, 7) is 6.37. The molecule has 0 saturated carbocycles. The van der Waals surface area contributed by atoms with Crippen LogP contribution in [0.5, 0.6) is 0 Å². The topological polar surface area (TPSA) is 164 Å². The van der Waals surface area contributed by atoms with E-state index in [1.54, 1.807) is 51.6 Å². The lowest BCUT2D eigenvalue weighted by atomic mass is 10.1. The SMILES string of the molecule is CC(C)(C)OC(=O)Nc1nn2cccnc2c1C(=O)NCCc1cc(Cl)c2cncn2c1N1CCNS(=O)(=O)CC1. The molecule has 0 atom stereocenters. The number of imidazole rings is 1. The summed E-state index contributed by atoms with van der Waals surface area (Å²) in [6.07, 6.45) is 6.02. The molecule has 1 aliphatic rings. The Morgan fingerprint density at radius 2 is 2.05 bits per heavy atom. The number of carbonyl (C=O) groups excluding carboxylic acids is 2. The lowest BCUT2D eigenvalue weighted by molar-refractivity contribution is 0.0635. The Kier molecular flexibility index (Phi) is 7.76. The van der Waals surface area contributed by atoms with Crippen LogP contribution in [0.2, 0.25) is 5.02 Å². The summed E-state index contributed by atoms with van der Waals surface area (Å²) >= 11 is 6.55. The molecule has 4 aromatic heterocycles. The molecule has 5 rings (SSSR count). The van der Waals surface area contributed by atoms with E-state index in [4.69, 9.17) is 16.3 Å². The van der Waals surface area contributed by atoms with Crippen molar-refractivity contribution in [1.82, 2.24) is 34.0 Å². The summed E-state index contributed by atoms with van der Waals surface area (Å²) < 4.78 is 35.4. The molecule has 1 fully saturated rings. The first-order valence-corrected chi connectivity index (χ1v) is 14.9. The van der Waals surface area contributed by atoms with E-state index in [1.807, 2.05) is 9.30 Å². The van der Waals surface area contributed by atoms with Gasteiger partial charge in [-0.05, 0) is 44.9 Å². The fourth-order valence-electron chi connectivity index (χ4n) is 4.57. The van der Waals surface area contributed by atoms with Crippen LogP contribution in [-0.4, -0.2) is 81.9 Å². The summed E-state index contributed by atoms with van der Waals surface area (Å²) in [5.41, 5.74) is 1.09. The molecule has 1 saturated heterocycles. The van der Waals surface area contributed by atoms with Gasteiger partial charge in [0.2, 0.25) is 10.0 Å². The van der Waals surface area contributed by atoms with Crippen LogP contribution in [0.3, 0.4) is 0 Å². The van der Waals surface area contributed by atoms with Gasteiger partial charge in [-0.1, -0.05) is 11.6 Å². The highest BCUT2D eigenvalue weighted by Gasteiger charge is 2.26. The van der Waals surface area contributed by atoms with E-state index in [9.17, 15) is 18.0 Å². The first-order chi connectivity index (χ1) is 19.4. The highest BCUT2D eigenvalue weighted by molar-refractivity contribution is 7.89. The van der Waals surface area contributed by atoms with Gasteiger partial charge in [-0.15, -0.1) is 5.10 Å². The minimum atomic E-state index is -3.37. The standard InChI is InChI=1S/C25H30ClN9O5S/c1-25(2,3)40-24(37)31-20-19(21-28-6-4-9-35(21)32-20)22(36)29-7-5-16-13-17(26)18-14-27-15-34(18)23(16)33-10-8-30-41(38,39)12-11-33/h4,6,9,13-15,30H,5,7-8,10-12H2,1-3H3,(H,29,36)(H,31,32,37). The van der Waals surface area contributed by atoms with E-state index in [0.717, 1.165) is 11.4 Å². The number of carbonyl (C=O) groups is 2. The van der Waals surface area contributed by atoms with E-state index in [0.29, 0.717) is 23.5 Å². The second kappa shape index (κ2) is 11.1. The zero-order valence-corrected chi connectivity index (χ0v) is 24.3. The molecule has 41 heavy (non-hydrogen) atoms. The zero-order valence-electron chi connectivity index (χ0n) is 22.7. The van der Waals surface area contributed by atoms with Crippen LogP contribution < -0.4 is 20.3 Å². The molecule has 0 unspecified atom stereocenters. The van der Waals surface area contributed by atoms with E-state index < -0.39 is 27.6 Å². The number of pyridine rings is 1. The third-order valence-electron chi connectivity index (χ3n) is 6.25. The number of hydrogen-bond acceptors (Lipinski definition) is 9. The van der Waals surface area contributed by atoms with Crippen molar-refractivity contribution in [2.45, 2.75) is 32.8 Å². The van der Waals surface area contributed by atoms with Crippen molar-refractivity contribution in [2.75, 3.05) is 42.1 Å². The predicted octanol–water partition coefficient (Wildman–Crippen LogP) is 2.09. The van der Waals surface area contributed by atoms with Gasteiger partial charge in [0.15, 0.2) is 11.5 Å². The molecule has 218 valence electrons. The van der Waals surface area contributed by atoms with Gasteiger partial charge < -0.3 is 15.0 Å². The van der Waals surface area contributed by atoms with Crippen LogP contribution >= 0.6 is 11.6 Å². The van der Waals surface area contributed by atoms with Crippen LogP contribution in [-0.2, 0) is 21.2 Å². The van der Waals surface area contributed by atoms with Crippen LogP contribution in [0, 0.1) is 0 Å². The Morgan fingerprint density at radius 1 is 1.24 bits per heavy atom. The number of nitrogens with zero attached hydrogens (tertiary/aromatic N) is 6. The number of ether oxygens (including phenoxy) is 1. The van der Waals surface area contributed by atoms with Crippen LogP contribution in [0.25, 0.3) is 11.2 Å². The molecule has 3 N–H and O–H groups in total. The lowest BCUT2D eigenvalue weighted by Gasteiger charge is -2.26. The molecule has 5 heterocycles. The number of aromatic nitrogens is 5.